The number of rotatable bonds is 8. The number of nitriles is 1. The molecule has 0 N–H and O–H groups in total. The minimum Gasteiger partial charge on any atom is -0.454 e. The number of benzene rings is 3. The summed E-state index contributed by atoms with van der Waals surface area (Å²) in [5, 5.41) is 8.58. The average molecular weight is 650 g/mol. The van der Waals surface area contributed by atoms with Gasteiger partial charge in [0.05, 0.1) is 33.3 Å². The molecule has 226 valence electrons. The third-order valence-corrected chi connectivity index (χ3v) is 8.12. The highest BCUT2D eigenvalue weighted by Gasteiger charge is 2.42. The van der Waals surface area contributed by atoms with Gasteiger partial charge in [0.15, 0.2) is 12.4 Å². The molecule has 1 aromatic heterocycles. The van der Waals surface area contributed by atoms with Crippen molar-refractivity contribution in [3.63, 3.8) is 0 Å². The van der Waals surface area contributed by atoms with E-state index in [0.29, 0.717) is 27.9 Å². The summed E-state index contributed by atoms with van der Waals surface area (Å²) in [5.74, 6) is -2.61. The highest BCUT2D eigenvalue weighted by Crippen LogP contribution is 2.41. The standard InChI is InChI=1S/C32H19ClF3N3O5S/c33-21-10-6-19(7-11-21)26(40)17-44-31(43)20-8-12-22(13-9-20)39-28(41)15-27(30(39)42)45-29-23(16-37)24(32(34,35)36)14-25(38-29)18-4-2-1-3-5-18/h1-14,27H,15,17H2. The Bertz CT molecular complexity index is 1840. The number of pyridine rings is 1. The van der Waals surface area contributed by atoms with Gasteiger partial charge in [-0.1, -0.05) is 53.7 Å². The van der Waals surface area contributed by atoms with Crippen molar-refractivity contribution in [2.24, 2.45) is 0 Å². The van der Waals surface area contributed by atoms with Crippen LogP contribution in [0.25, 0.3) is 11.3 Å². The molecule has 8 nitrogen and oxygen atoms in total. The van der Waals surface area contributed by atoms with E-state index in [1.54, 1.807) is 36.4 Å². The van der Waals surface area contributed by atoms with Gasteiger partial charge in [-0.25, -0.2) is 14.7 Å². The van der Waals surface area contributed by atoms with Crippen LogP contribution in [0.5, 0.6) is 0 Å². The fourth-order valence-corrected chi connectivity index (χ4v) is 5.73. The first-order chi connectivity index (χ1) is 21.5. The van der Waals surface area contributed by atoms with E-state index >= 15 is 0 Å². The lowest BCUT2D eigenvalue weighted by molar-refractivity contribution is -0.138. The molecular formula is C32H19ClF3N3O5S. The molecule has 0 aliphatic carbocycles. The first kappa shape index (κ1) is 31.4. The molecule has 1 saturated heterocycles. The molecule has 1 atom stereocenters. The van der Waals surface area contributed by atoms with Gasteiger partial charge in [-0.05, 0) is 54.6 Å². The molecule has 3 aromatic carbocycles. The number of alkyl halides is 3. The van der Waals surface area contributed by atoms with Crippen molar-refractivity contribution in [1.82, 2.24) is 4.98 Å². The maximum Gasteiger partial charge on any atom is 0.417 e. The lowest BCUT2D eigenvalue weighted by atomic mass is 10.1. The number of ether oxygens (including phenoxy) is 1. The van der Waals surface area contributed by atoms with Gasteiger partial charge in [0.25, 0.3) is 0 Å². The Kier molecular flexibility index (Phi) is 9.04. The van der Waals surface area contributed by atoms with Crippen LogP contribution >= 0.6 is 23.4 Å². The Morgan fingerprint density at radius 2 is 1.64 bits per heavy atom. The number of halogens is 4. The van der Waals surface area contributed by atoms with Crippen molar-refractivity contribution in [2.75, 3.05) is 11.5 Å². The number of ketones is 1. The van der Waals surface area contributed by atoms with Gasteiger partial charge in [-0.3, -0.25) is 14.4 Å². The van der Waals surface area contributed by atoms with E-state index in [1.165, 1.54) is 48.5 Å². The van der Waals surface area contributed by atoms with Gasteiger partial charge in [0, 0.05) is 22.6 Å². The monoisotopic (exact) mass is 649 g/mol. The minimum absolute atomic E-state index is 0.0459. The Balaban J connectivity index is 1.32. The van der Waals surface area contributed by atoms with E-state index in [1.807, 2.05) is 0 Å². The predicted molar refractivity (Wildman–Crippen MR) is 159 cm³/mol. The third kappa shape index (κ3) is 6.90. The van der Waals surface area contributed by atoms with E-state index in [9.17, 15) is 37.6 Å². The van der Waals surface area contributed by atoms with E-state index < -0.39 is 52.7 Å². The molecule has 13 heteroatoms. The Labute approximate surface area is 263 Å². The summed E-state index contributed by atoms with van der Waals surface area (Å²) in [6.07, 6.45) is -5.23. The molecule has 1 aliphatic rings. The zero-order valence-corrected chi connectivity index (χ0v) is 24.4. The molecule has 0 bridgehead atoms. The summed E-state index contributed by atoms with van der Waals surface area (Å²) in [6, 6.07) is 21.7. The number of esters is 1. The Hall–Kier alpha value is -4.99. The number of Topliss-reactive ketones (excluding diaryl/α,β-unsaturated/α-hetero) is 1. The van der Waals surface area contributed by atoms with E-state index in [4.69, 9.17) is 16.3 Å². The maximum atomic E-state index is 13.9. The first-order valence-corrected chi connectivity index (χ1v) is 14.4. The quantitative estimate of drug-likeness (QED) is 0.117. The van der Waals surface area contributed by atoms with Crippen LogP contribution in [0.3, 0.4) is 0 Å². The fraction of sp³-hybridized carbons (Fsp3) is 0.125. The second-order valence-corrected chi connectivity index (χ2v) is 11.3. The van der Waals surface area contributed by atoms with Crippen LogP contribution in [-0.2, 0) is 20.5 Å². The zero-order valence-electron chi connectivity index (χ0n) is 22.9. The molecule has 0 radical (unpaired) electrons. The molecule has 0 saturated carbocycles. The number of carbonyl (C=O) groups excluding carboxylic acids is 4. The van der Waals surface area contributed by atoms with Crippen molar-refractivity contribution in [3.8, 4) is 17.3 Å². The lowest BCUT2D eigenvalue weighted by Gasteiger charge is -2.17. The van der Waals surface area contributed by atoms with Gasteiger partial charge in [0.2, 0.25) is 11.8 Å². The van der Waals surface area contributed by atoms with E-state index in [0.717, 1.165) is 11.0 Å². The Morgan fingerprint density at radius 1 is 1.00 bits per heavy atom. The molecule has 2 amide bonds. The smallest absolute Gasteiger partial charge is 0.417 e. The second-order valence-electron chi connectivity index (χ2n) is 9.64. The molecule has 1 aliphatic heterocycles. The van der Waals surface area contributed by atoms with E-state index in [-0.39, 0.29) is 28.4 Å². The summed E-state index contributed by atoms with van der Waals surface area (Å²) in [6.45, 7) is -0.523. The van der Waals surface area contributed by atoms with Crippen molar-refractivity contribution in [3.05, 3.63) is 112 Å². The molecular weight excluding hydrogens is 631 g/mol. The van der Waals surface area contributed by atoms with Gasteiger partial charge in [-0.15, -0.1) is 0 Å². The summed E-state index contributed by atoms with van der Waals surface area (Å²) in [4.78, 5) is 56.1. The van der Waals surface area contributed by atoms with Crippen molar-refractivity contribution in [2.45, 2.75) is 22.9 Å². The molecule has 1 unspecified atom stereocenters. The SMILES string of the molecule is N#Cc1c(C(F)(F)F)cc(-c2ccccc2)nc1SC1CC(=O)N(c2ccc(C(=O)OCC(=O)c3ccc(Cl)cc3)cc2)C1=O. The number of thioether (sulfide) groups is 1. The van der Waals surface area contributed by atoms with Crippen LogP contribution in [0.15, 0.2) is 90.0 Å². The number of carbonyl (C=O) groups is 4. The van der Waals surface area contributed by atoms with Crippen molar-refractivity contribution < 1.29 is 37.1 Å². The Morgan fingerprint density at radius 3 is 2.27 bits per heavy atom. The number of nitrogens with zero attached hydrogens (tertiary/aromatic N) is 3. The normalized spacial score (nSPS) is 14.7. The van der Waals surface area contributed by atoms with Crippen LogP contribution in [0.4, 0.5) is 18.9 Å². The fourth-order valence-electron chi connectivity index (χ4n) is 4.48. The van der Waals surface area contributed by atoms with Gasteiger partial charge >= 0.3 is 12.1 Å². The second kappa shape index (κ2) is 12.9. The summed E-state index contributed by atoms with van der Waals surface area (Å²) >= 11 is 6.42. The molecule has 2 heterocycles. The summed E-state index contributed by atoms with van der Waals surface area (Å²) in [5.41, 5.74) is -1.15. The van der Waals surface area contributed by atoms with Crippen LogP contribution in [0.2, 0.25) is 5.02 Å². The third-order valence-electron chi connectivity index (χ3n) is 6.69. The maximum absolute atomic E-state index is 13.9. The topological polar surface area (TPSA) is 117 Å². The molecule has 4 aromatic rings. The van der Waals surface area contributed by atoms with Crippen LogP contribution in [0, 0.1) is 11.3 Å². The largest absolute Gasteiger partial charge is 0.454 e. The van der Waals surface area contributed by atoms with Crippen molar-refractivity contribution in [1.29, 1.82) is 5.26 Å². The minimum atomic E-state index is -4.87. The van der Waals surface area contributed by atoms with Gasteiger partial charge in [0.1, 0.15) is 11.1 Å². The van der Waals surface area contributed by atoms with Crippen LogP contribution < -0.4 is 4.90 Å². The number of anilines is 1. The number of hydrogen-bond donors (Lipinski definition) is 0. The number of hydrogen-bond acceptors (Lipinski definition) is 8. The first-order valence-electron chi connectivity index (χ1n) is 13.1. The lowest BCUT2D eigenvalue weighted by Crippen LogP contribution is -2.31. The molecule has 0 spiro atoms. The van der Waals surface area contributed by atoms with Crippen LogP contribution in [-0.4, -0.2) is 40.4 Å². The average Bonchev–Trinajstić information content (AvgIpc) is 3.31. The highest BCUT2D eigenvalue weighted by atomic mass is 35.5. The highest BCUT2D eigenvalue weighted by molar-refractivity contribution is 8.00. The zero-order chi connectivity index (χ0) is 32.3. The molecule has 5 rings (SSSR count). The molecule has 45 heavy (non-hydrogen) atoms. The van der Waals surface area contributed by atoms with E-state index in [2.05, 4.69) is 4.98 Å². The van der Waals surface area contributed by atoms with Crippen molar-refractivity contribution >= 4 is 52.6 Å². The number of aromatic nitrogens is 1. The van der Waals surface area contributed by atoms with Gasteiger partial charge in [-0.2, -0.15) is 18.4 Å². The van der Waals surface area contributed by atoms with Gasteiger partial charge < -0.3 is 4.74 Å². The summed E-state index contributed by atoms with van der Waals surface area (Å²) in [7, 11) is 0. The number of imide groups is 1. The number of amides is 2. The molecule has 1 fully saturated rings. The predicted octanol–water partition coefficient (Wildman–Crippen LogP) is 6.76. The van der Waals surface area contributed by atoms with Crippen LogP contribution in [0.1, 0.15) is 38.3 Å². The summed E-state index contributed by atoms with van der Waals surface area (Å²) < 4.78 is 46.9.